The Morgan fingerprint density at radius 3 is 2.47 bits per heavy atom. The van der Waals surface area contributed by atoms with E-state index < -0.39 is 0 Å². The van der Waals surface area contributed by atoms with Crippen molar-refractivity contribution in [2.45, 2.75) is 38.3 Å². The van der Waals surface area contributed by atoms with Gasteiger partial charge in [0.15, 0.2) is 0 Å². The van der Waals surface area contributed by atoms with Crippen molar-refractivity contribution in [3.63, 3.8) is 0 Å². The van der Waals surface area contributed by atoms with Crippen LogP contribution in [0.4, 0.5) is 5.69 Å². The van der Waals surface area contributed by atoms with Gasteiger partial charge in [0.1, 0.15) is 0 Å². The smallest absolute Gasteiger partial charge is 0.0415 e. The quantitative estimate of drug-likeness (QED) is 0.901. The van der Waals surface area contributed by atoms with Gasteiger partial charge in [-0.15, -0.1) is 0 Å². The molecule has 3 nitrogen and oxygen atoms in total. The number of anilines is 1. The second-order valence-electron chi connectivity index (χ2n) is 5.83. The van der Waals surface area contributed by atoms with Gasteiger partial charge in [0, 0.05) is 44.0 Å². The molecule has 1 heterocycles. The second kappa shape index (κ2) is 5.51. The van der Waals surface area contributed by atoms with Crippen LogP contribution >= 0.6 is 0 Å². The highest BCUT2D eigenvalue weighted by Crippen LogP contribution is 2.31. The standard InChI is InChI=1S/C16H25N3/c1-2-15(17)14-5-3-4-6-16(14)19-11-9-18(10-12-19)13-7-8-13/h3-6,13,15H,2,7-12,17H2,1H3/t15-/m0/s1. The molecule has 2 fully saturated rings. The first kappa shape index (κ1) is 12.9. The van der Waals surface area contributed by atoms with Crippen LogP contribution in [0.2, 0.25) is 0 Å². The molecule has 3 heteroatoms. The number of piperazine rings is 1. The van der Waals surface area contributed by atoms with Crippen molar-refractivity contribution < 1.29 is 0 Å². The van der Waals surface area contributed by atoms with Crippen LogP contribution in [0.25, 0.3) is 0 Å². The molecule has 0 unspecified atom stereocenters. The fraction of sp³-hybridized carbons (Fsp3) is 0.625. The summed E-state index contributed by atoms with van der Waals surface area (Å²) in [6.07, 6.45) is 3.83. The summed E-state index contributed by atoms with van der Waals surface area (Å²) in [7, 11) is 0. The first-order valence-corrected chi connectivity index (χ1v) is 7.63. The molecule has 0 bridgehead atoms. The van der Waals surface area contributed by atoms with Gasteiger partial charge >= 0.3 is 0 Å². The molecule has 19 heavy (non-hydrogen) atoms. The van der Waals surface area contributed by atoms with Crippen LogP contribution in [0.5, 0.6) is 0 Å². The molecule has 1 aromatic rings. The topological polar surface area (TPSA) is 32.5 Å². The molecule has 0 aromatic heterocycles. The second-order valence-corrected chi connectivity index (χ2v) is 5.83. The fourth-order valence-electron chi connectivity index (χ4n) is 3.08. The van der Waals surface area contributed by atoms with Crippen molar-refractivity contribution >= 4 is 5.69 Å². The molecule has 2 aliphatic rings. The zero-order valence-corrected chi connectivity index (χ0v) is 11.9. The minimum atomic E-state index is 0.165. The van der Waals surface area contributed by atoms with E-state index in [2.05, 4.69) is 41.0 Å². The number of para-hydroxylation sites is 1. The highest BCUT2D eigenvalue weighted by Gasteiger charge is 2.31. The maximum atomic E-state index is 6.25. The monoisotopic (exact) mass is 259 g/mol. The molecule has 0 radical (unpaired) electrons. The third-order valence-corrected chi connectivity index (χ3v) is 4.49. The van der Waals surface area contributed by atoms with E-state index in [9.17, 15) is 0 Å². The highest BCUT2D eigenvalue weighted by atomic mass is 15.3. The lowest BCUT2D eigenvalue weighted by molar-refractivity contribution is 0.248. The van der Waals surface area contributed by atoms with E-state index in [0.717, 1.165) is 25.6 Å². The molecule has 1 aliphatic heterocycles. The minimum Gasteiger partial charge on any atom is -0.369 e. The van der Waals surface area contributed by atoms with Gasteiger partial charge in [-0.25, -0.2) is 0 Å². The van der Waals surface area contributed by atoms with Crippen LogP contribution < -0.4 is 10.6 Å². The average Bonchev–Trinajstić information content (AvgIpc) is 3.31. The van der Waals surface area contributed by atoms with E-state index in [-0.39, 0.29) is 6.04 Å². The molecule has 0 spiro atoms. The summed E-state index contributed by atoms with van der Waals surface area (Å²) in [5.41, 5.74) is 8.91. The van der Waals surface area contributed by atoms with Gasteiger partial charge in [-0.3, -0.25) is 4.90 Å². The highest BCUT2D eigenvalue weighted by molar-refractivity contribution is 5.55. The molecule has 1 saturated heterocycles. The summed E-state index contributed by atoms with van der Waals surface area (Å²) < 4.78 is 0. The third kappa shape index (κ3) is 2.77. The third-order valence-electron chi connectivity index (χ3n) is 4.49. The number of hydrogen-bond acceptors (Lipinski definition) is 3. The van der Waals surface area contributed by atoms with Gasteiger partial charge in [-0.05, 0) is 30.9 Å². The summed E-state index contributed by atoms with van der Waals surface area (Å²) in [6, 6.07) is 9.73. The number of nitrogens with two attached hydrogens (primary N) is 1. The number of nitrogens with zero attached hydrogens (tertiary/aromatic N) is 2. The molecular weight excluding hydrogens is 234 g/mol. The van der Waals surface area contributed by atoms with E-state index >= 15 is 0 Å². The van der Waals surface area contributed by atoms with E-state index in [1.165, 1.54) is 37.2 Å². The predicted octanol–water partition coefficient (Wildman–Crippen LogP) is 2.38. The summed E-state index contributed by atoms with van der Waals surface area (Å²) in [4.78, 5) is 5.17. The van der Waals surface area contributed by atoms with Gasteiger partial charge < -0.3 is 10.6 Å². The van der Waals surface area contributed by atoms with Crippen molar-refractivity contribution in [1.29, 1.82) is 0 Å². The first-order valence-electron chi connectivity index (χ1n) is 7.63. The Labute approximate surface area is 116 Å². The van der Waals surface area contributed by atoms with Crippen LogP contribution in [-0.2, 0) is 0 Å². The molecule has 1 aromatic carbocycles. The van der Waals surface area contributed by atoms with E-state index in [0.29, 0.717) is 0 Å². The van der Waals surface area contributed by atoms with Crippen molar-refractivity contribution in [3.8, 4) is 0 Å². The summed E-state index contributed by atoms with van der Waals surface area (Å²) in [5.74, 6) is 0. The van der Waals surface area contributed by atoms with Crippen LogP contribution in [0.3, 0.4) is 0 Å². The molecular formula is C16H25N3. The summed E-state index contributed by atoms with van der Waals surface area (Å²) >= 11 is 0. The van der Waals surface area contributed by atoms with E-state index in [1.807, 2.05) is 0 Å². The Morgan fingerprint density at radius 1 is 1.16 bits per heavy atom. The van der Waals surface area contributed by atoms with Gasteiger partial charge in [-0.2, -0.15) is 0 Å². The summed E-state index contributed by atoms with van der Waals surface area (Å²) in [6.45, 7) is 6.86. The summed E-state index contributed by atoms with van der Waals surface area (Å²) in [5, 5.41) is 0. The van der Waals surface area contributed by atoms with Crippen molar-refractivity contribution in [1.82, 2.24) is 4.90 Å². The van der Waals surface area contributed by atoms with Crippen LogP contribution in [0.15, 0.2) is 24.3 Å². The van der Waals surface area contributed by atoms with Crippen LogP contribution in [0.1, 0.15) is 37.8 Å². The first-order chi connectivity index (χ1) is 9.29. The predicted molar refractivity (Wildman–Crippen MR) is 80.5 cm³/mol. The lowest BCUT2D eigenvalue weighted by atomic mass is 10.0. The van der Waals surface area contributed by atoms with Gasteiger partial charge in [0.2, 0.25) is 0 Å². The Bertz CT molecular complexity index is 420. The minimum absolute atomic E-state index is 0.165. The Balaban J connectivity index is 1.71. The Kier molecular flexibility index (Phi) is 3.76. The van der Waals surface area contributed by atoms with Crippen LogP contribution in [-0.4, -0.2) is 37.1 Å². The number of benzene rings is 1. The van der Waals surface area contributed by atoms with Gasteiger partial charge in [-0.1, -0.05) is 25.1 Å². The van der Waals surface area contributed by atoms with E-state index in [4.69, 9.17) is 5.73 Å². The lowest BCUT2D eigenvalue weighted by Gasteiger charge is -2.37. The number of hydrogen-bond donors (Lipinski definition) is 1. The van der Waals surface area contributed by atoms with Crippen molar-refractivity contribution in [2.24, 2.45) is 5.73 Å². The molecule has 1 aliphatic carbocycles. The normalized spacial score (nSPS) is 22.5. The maximum Gasteiger partial charge on any atom is 0.0415 e. The molecule has 1 saturated carbocycles. The van der Waals surface area contributed by atoms with Crippen LogP contribution in [0, 0.1) is 0 Å². The Hall–Kier alpha value is -1.06. The lowest BCUT2D eigenvalue weighted by Crippen LogP contribution is -2.47. The molecule has 3 rings (SSSR count). The largest absolute Gasteiger partial charge is 0.369 e. The zero-order valence-electron chi connectivity index (χ0n) is 11.9. The molecule has 1 atom stereocenters. The number of rotatable bonds is 4. The molecule has 2 N–H and O–H groups in total. The average molecular weight is 259 g/mol. The Morgan fingerprint density at radius 2 is 1.84 bits per heavy atom. The van der Waals surface area contributed by atoms with Crippen molar-refractivity contribution in [2.75, 3.05) is 31.1 Å². The molecule has 0 amide bonds. The van der Waals surface area contributed by atoms with E-state index in [1.54, 1.807) is 0 Å². The zero-order chi connectivity index (χ0) is 13.2. The SMILES string of the molecule is CC[C@H](N)c1ccccc1N1CCN(C2CC2)CC1. The fourth-order valence-corrected chi connectivity index (χ4v) is 3.08. The maximum absolute atomic E-state index is 6.25. The van der Waals surface area contributed by atoms with Crippen molar-refractivity contribution in [3.05, 3.63) is 29.8 Å². The van der Waals surface area contributed by atoms with Gasteiger partial charge in [0.25, 0.3) is 0 Å². The van der Waals surface area contributed by atoms with Gasteiger partial charge in [0.05, 0.1) is 0 Å². The molecule has 104 valence electrons.